The molecule has 0 bridgehead atoms. The Morgan fingerprint density at radius 1 is 1.25 bits per heavy atom. The van der Waals surface area contributed by atoms with Crippen LogP contribution in [0.1, 0.15) is 64.1 Å². The summed E-state index contributed by atoms with van der Waals surface area (Å²) in [4.78, 5) is 31.3. The molecule has 0 saturated carbocycles. The van der Waals surface area contributed by atoms with Gasteiger partial charge >= 0.3 is 6.09 Å². The SMILES string of the molecule is CC(C)C[C@@](C)(COc1ccc(-c2ccnc(C=O)n2)cc1C#N)NC(=O)OC(C)(C)C. The fourth-order valence-electron chi connectivity index (χ4n) is 3.33. The second kappa shape index (κ2) is 10.2. The normalized spacial score (nSPS) is 13.1. The number of rotatable bonds is 8. The molecule has 8 nitrogen and oxygen atoms in total. The van der Waals surface area contributed by atoms with Crippen molar-refractivity contribution in [2.45, 2.75) is 59.1 Å². The van der Waals surface area contributed by atoms with Crippen molar-refractivity contribution < 1.29 is 19.1 Å². The van der Waals surface area contributed by atoms with Gasteiger partial charge in [-0.2, -0.15) is 5.26 Å². The molecular formula is C24H30N4O4. The molecule has 1 N–H and O–H groups in total. The number of ether oxygens (including phenoxy) is 2. The first-order valence-electron chi connectivity index (χ1n) is 10.4. The van der Waals surface area contributed by atoms with Crippen molar-refractivity contribution in [3.63, 3.8) is 0 Å². The molecule has 1 atom stereocenters. The Balaban J connectivity index is 2.22. The lowest BCUT2D eigenvalue weighted by Crippen LogP contribution is -2.52. The highest BCUT2D eigenvalue weighted by atomic mass is 16.6. The average molecular weight is 439 g/mol. The molecule has 170 valence electrons. The summed E-state index contributed by atoms with van der Waals surface area (Å²) in [6.07, 6.45) is 2.19. The first kappa shape index (κ1) is 24.8. The first-order chi connectivity index (χ1) is 14.9. The molecule has 0 radical (unpaired) electrons. The minimum atomic E-state index is -0.701. The van der Waals surface area contributed by atoms with E-state index in [9.17, 15) is 14.9 Å². The zero-order valence-electron chi connectivity index (χ0n) is 19.4. The van der Waals surface area contributed by atoms with Gasteiger partial charge in [-0.05, 0) is 64.3 Å². The van der Waals surface area contributed by atoms with Gasteiger partial charge < -0.3 is 14.8 Å². The number of nitrogens with one attached hydrogen (secondary N) is 1. The van der Waals surface area contributed by atoms with E-state index in [1.165, 1.54) is 6.20 Å². The summed E-state index contributed by atoms with van der Waals surface area (Å²) in [6.45, 7) is 11.6. The monoisotopic (exact) mass is 438 g/mol. The van der Waals surface area contributed by atoms with Gasteiger partial charge in [0.05, 0.1) is 16.8 Å². The number of aldehydes is 1. The minimum Gasteiger partial charge on any atom is -0.490 e. The average Bonchev–Trinajstić information content (AvgIpc) is 2.70. The molecule has 0 spiro atoms. The summed E-state index contributed by atoms with van der Waals surface area (Å²) in [5.74, 6) is 0.752. The van der Waals surface area contributed by atoms with Crippen LogP contribution in [-0.2, 0) is 4.74 Å². The molecule has 1 aromatic heterocycles. The zero-order chi connectivity index (χ0) is 23.9. The van der Waals surface area contributed by atoms with Gasteiger partial charge in [0, 0.05) is 11.8 Å². The predicted molar refractivity (Wildman–Crippen MR) is 120 cm³/mol. The summed E-state index contributed by atoms with van der Waals surface area (Å²) >= 11 is 0. The molecule has 8 heteroatoms. The number of aromatic nitrogens is 2. The summed E-state index contributed by atoms with van der Waals surface area (Å²) < 4.78 is 11.4. The van der Waals surface area contributed by atoms with E-state index < -0.39 is 17.2 Å². The second-order valence-corrected chi connectivity index (χ2v) is 9.31. The molecule has 0 saturated heterocycles. The van der Waals surface area contributed by atoms with Crippen molar-refractivity contribution in [1.29, 1.82) is 5.26 Å². The van der Waals surface area contributed by atoms with Crippen LogP contribution in [-0.4, -0.2) is 40.1 Å². The fourth-order valence-corrected chi connectivity index (χ4v) is 3.33. The maximum atomic E-state index is 12.4. The van der Waals surface area contributed by atoms with Gasteiger partial charge in [-0.1, -0.05) is 13.8 Å². The number of amides is 1. The molecular weight excluding hydrogens is 408 g/mol. The van der Waals surface area contributed by atoms with E-state index in [-0.39, 0.29) is 12.4 Å². The van der Waals surface area contributed by atoms with Gasteiger partial charge in [0.15, 0.2) is 12.1 Å². The van der Waals surface area contributed by atoms with Gasteiger partial charge in [-0.25, -0.2) is 14.8 Å². The van der Waals surface area contributed by atoms with Crippen LogP contribution in [0.3, 0.4) is 0 Å². The quantitative estimate of drug-likeness (QED) is 0.602. The molecule has 0 aliphatic carbocycles. The van der Waals surface area contributed by atoms with Gasteiger partial charge in [0.25, 0.3) is 0 Å². The molecule has 1 amide bonds. The van der Waals surface area contributed by atoms with E-state index in [0.717, 1.165) is 0 Å². The number of nitriles is 1. The van der Waals surface area contributed by atoms with E-state index in [1.54, 1.807) is 45.0 Å². The lowest BCUT2D eigenvalue weighted by molar-refractivity contribution is 0.0408. The molecule has 0 aliphatic heterocycles. The molecule has 0 unspecified atom stereocenters. The molecule has 0 fully saturated rings. The lowest BCUT2D eigenvalue weighted by Gasteiger charge is -2.33. The van der Waals surface area contributed by atoms with Crippen molar-refractivity contribution >= 4 is 12.4 Å². The lowest BCUT2D eigenvalue weighted by atomic mass is 9.91. The standard InChI is InChI=1S/C24H30N4O4/c1-16(2)12-24(6,28-22(30)32-23(3,4)5)15-31-20-8-7-17(11-18(20)13-25)19-9-10-26-21(14-29)27-19/h7-11,14,16H,12,15H2,1-6H3,(H,28,30)/t24-/m0/s1. The van der Waals surface area contributed by atoms with Crippen LogP contribution >= 0.6 is 0 Å². The Morgan fingerprint density at radius 3 is 2.56 bits per heavy atom. The van der Waals surface area contributed by atoms with Crippen LogP contribution in [0, 0.1) is 17.2 Å². The third-order valence-corrected chi connectivity index (χ3v) is 4.38. The van der Waals surface area contributed by atoms with Crippen LogP contribution in [0.15, 0.2) is 30.5 Å². The fraction of sp³-hybridized carbons (Fsp3) is 0.458. The Morgan fingerprint density at radius 2 is 1.97 bits per heavy atom. The summed E-state index contributed by atoms with van der Waals surface area (Å²) in [5, 5.41) is 12.5. The number of alkyl carbamates (subject to hydrolysis) is 1. The van der Waals surface area contributed by atoms with Crippen molar-refractivity contribution in [2.75, 3.05) is 6.61 Å². The van der Waals surface area contributed by atoms with E-state index in [0.29, 0.717) is 41.2 Å². The van der Waals surface area contributed by atoms with Gasteiger partial charge in [-0.15, -0.1) is 0 Å². The highest BCUT2D eigenvalue weighted by Crippen LogP contribution is 2.27. The summed E-state index contributed by atoms with van der Waals surface area (Å²) in [5.41, 5.74) is 0.196. The van der Waals surface area contributed by atoms with Crippen LogP contribution in [0.2, 0.25) is 0 Å². The van der Waals surface area contributed by atoms with Crippen molar-refractivity contribution in [2.24, 2.45) is 5.92 Å². The Bertz CT molecular complexity index is 1010. The van der Waals surface area contributed by atoms with E-state index >= 15 is 0 Å². The van der Waals surface area contributed by atoms with Crippen LogP contribution in [0.25, 0.3) is 11.3 Å². The van der Waals surface area contributed by atoms with Crippen molar-refractivity contribution in [3.8, 4) is 23.1 Å². The van der Waals surface area contributed by atoms with Crippen LogP contribution < -0.4 is 10.1 Å². The molecule has 32 heavy (non-hydrogen) atoms. The van der Waals surface area contributed by atoms with Gasteiger partial charge in [0.2, 0.25) is 0 Å². The smallest absolute Gasteiger partial charge is 0.408 e. The maximum absolute atomic E-state index is 12.4. The summed E-state index contributed by atoms with van der Waals surface area (Å²) in [6, 6.07) is 8.88. The predicted octanol–water partition coefficient (Wildman–Crippen LogP) is 4.54. The largest absolute Gasteiger partial charge is 0.490 e. The highest BCUT2D eigenvalue weighted by molar-refractivity contribution is 5.71. The van der Waals surface area contributed by atoms with Crippen molar-refractivity contribution in [1.82, 2.24) is 15.3 Å². The highest BCUT2D eigenvalue weighted by Gasteiger charge is 2.31. The van der Waals surface area contributed by atoms with Gasteiger partial charge in [0.1, 0.15) is 24.0 Å². The minimum absolute atomic E-state index is 0.0685. The number of carbonyl (C=O) groups is 2. The van der Waals surface area contributed by atoms with E-state index in [1.807, 2.05) is 6.92 Å². The second-order valence-electron chi connectivity index (χ2n) is 9.31. The Kier molecular flexibility index (Phi) is 7.92. The van der Waals surface area contributed by atoms with E-state index in [4.69, 9.17) is 9.47 Å². The Labute approximate surface area is 189 Å². The number of hydrogen-bond acceptors (Lipinski definition) is 7. The topological polar surface area (TPSA) is 114 Å². The maximum Gasteiger partial charge on any atom is 0.408 e. The number of nitrogens with zero attached hydrogens (tertiary/aromatic N) is 3. The zero-order valence-corrected chi connectivity index (χ0v) is 19.4. The third kappa shape index (κ3) is 7.34. The molecule has 1 aromatic carbocycles. The number of carbonyl (C=O) groups excluding carboxylic acids is 2. The molecule has 2 rings (SSSR count). The molecule has 2 aromatic rings. The number of benzene rings is 1. The van der Waals surface area contributed by atoms with Crippen LogP contribution in [0.5, 0.6) is 5.75 Å². The Hall–Kier alpha value is -3.47. The molecule has 0 aliphatic rings. The third-order valence-electron chi connectivity index (χ3n) is 4.38. The summed E-state index contributed by atoms with van der Waals surface area (Å²) in [7, 11) is 0. The van der Waals surface area contributed by atoms with Gasteiger partial charge in [-0.3, -0.25) is 4.79 Å². The first-order valence-corrected chi connectivity index (χ1v) is 10.4. The molecule has 1 heterocycles. The van der Waals surface area contributed by atoms with Crippen LogP contribution in [0.4, 0.5) is 4.79 Å². The van der Waals surface area contributed by atoms with E-state index in [2.05, 4.69) is 35.2 Å². The van der Waals surface area contributed by atoms with Crippen molar-refractivity contribution in [3.05, 3.63) is 41.9 Å². The number of hydrogen-bond donors (Lipinski definition) is 1.